The SMILES string of the molecule is CC(C)C(C)NC(=O)N(C)Cc1ccccc1. The van der Waals surface area contributed by atoms with E-state index in [-0.39, 0.29) is 12.1 Å². The molecule has 0 aliphatic rings. The molecule has 0 saturated carbocycles. The van der Waals surface area contributed by atoms with E-state index in [1.807, 2.05) is 44.3 Å². The lowest BCUT2D eigenvalue weighted by atomic mass is 10.1. The van der Waals surface area contributed by atoms with Gasteiger partial charge in [0.05, 0.1) is 0 Å². The molecule has 0 aliphatic heterocycles. The Hall–Kier alpha value is -1.51. The molecule has 1 N–H and O–H groups in total. The van der Waals surface area contributed by atoms with Crippen LogP contribution in [0.3, 0.4) is 0 Å². The van der Waals surface area contributed by atoms with Crippen LogP contribution in [0.1, 0.15) is 26.3 Å². The van der Waals surface area contributed by atoms with Gasteiger partial charge in [-0.1, -0.05) is 44.2 Å². The lowest BCUT2D eigenvalue weighted by molar-refractivity contribution is 0.200. The molecular formula is C14H22N2O. The number of nitrogens with zero attached hydrogens (tertiary/aromatic N) is 1. The van der Waals surface area contributed by atoms with Crippen LogP contribution in [0.25, 0.3) is 0 Å². The Kier molecular flexibility index (Phi) is 5.01. The third kappa shape index (κ3) is 4.47. The van der Waals surface area contributed by atoms with Gasteiger partial charge in [-0.25, -0.2) is 4.79 Å². The molecule has 1 unspecified atom stereocenters. The molecule has 1 atom stereocenters. The Morgan fingerprint density at radius 1 is 1.24 bits per heavy atom. The molecule has 1 aromatic carbocycles. The van der Waals surface area contributed by atoms with Gasteiger partial charge in [0.15, 0.2) is 0 Å². The van der Waals surface area contributed by atoms with Crippen molar-refractivity contribution in [1.82, 2.24) is 10.2 Å². The molecule has 0 heterocycles. The summed E-state index contributed by atoms with van der Waals surface area (Å²) in [5.74, 6) is 0.448. The van der Waals surface area contributed by atoms with E-state index >= 15 is 0 Å². The van der Waals surface area contributed by atoms with Crippen LogP contribution >= 0.6 is 0 Å². The normalized spacial score (nSPS) is 12.3. The summed E-state index contributed by atoms with van der Waals surface area (Å²) >= 11 is 0. The van der Waals surface area contributed by atoms with E-state index in [4.69, 9.17) is 0 Å². The van der Waals surface area contributed by atoms with Crippen LogP contribution in [0.5, 0.6) is 0 Å². The Morgan fingerprint density at radius 3 is 2.35 bits per heavy atom. The zero-order chi connectivity index (χ0) is 12.8. The minimum atomic E-state index is -0.0185. The van der Waals surface area contributed by atoms with Gasteiger partial charge in [-0.15, -0.1) is 0 Å². The Morgan fingerprint density at radius 2 is 1.82 bits per heavy atom. The molecule has 1 aromatic rings. The second-order valence-corrected chi connectivity index (χ2v) is 4.82. The molecule has 0 aliphatic carbocycles. The van der Waals surface area contributed by atoms with Crippen LogP contribution in [-0.2, 0) is 6.54 Å². The van der Waals surface area contributed by atoms with Gasteiger partial charge in [-0.05, 0) is 18.4 Å². The van der Waals surface area contributed by atoms with Crippen molar-refractivity contribution in [2.75, 3.05) is 7.05 Å². The predicted octanol–water partition coefficient (Wildman–Crippen LogP) is 2.87. The Labute approximate surface area is 104 Å². The van der Waals surface area contributed by atoms with Crippen LogP contribution in [0.2, 0.25) is 0 Å². The fraction of sp³-hybridized carbons (Fsp3) is 0.500. The van der Waals surface area contributed by atoms with E-state index in [0.717, 1.165) is 5.56 Å². The van der Waals surface area contributed by atoms with Gasteiger partial charge in [0, 0.05) is 19.6 Å². The van der Waals surface area contributed by atoms with Crippen LogP contribution in [0.15, 0.2) is 30.3 Å². The van der Waals surface area contributed by atoms with E-state index in [1.54, 1.807) is 4.90 Å². The third-order valence-corrected chi connectivity index (χ3v) is 2.96. The second-order valence-electron chi connectivity index (χ2n) is 4.82. The van der Waals surface area contributed by atoms with Crippen LogP contribution < -0.4 is 5.32 Å². The average molecular weight is 234 g/mol. The van der Waals surface area contributed by atoms with Crippen molar-refractivity contribution < 1.29 is 4.79 Å². The molecule has 0 bridgehead atoms. The first kappa shape index (κ1) is 13.6. The molecule has 2 amide bonds. The molecule has 1 rings (SSSR count). The zero-order valence-corrected chi connectivity index (χ0v) is 11.1. The monoisotopic (exact) mass is 234 g/mol. The number of hydrogen-bond acceptors (Lipinski definition) is 1. The predicted molar refractivity (Wildman–Crippen MR) is 70.7 cm³/mol. The highest BCUT2D eigenvalue weighted by Gasteiger charge is 2.14. The quantitative estimate of drug-likeness (QED) is 0.853. The summed E-state index contributed by atoms with van der Waals surface area (Å²) < 4.78 is 0. The van der Waals surface area contributed by atoms with E-state index in [9.17, 15) is 4.79 Å². The number of nitrogens with one attached hydrogen (secondary N) is 1. The molecule has 0 aromatic heterocycles. The van der Waals surface area contributed by atoms with Gasteiger partial charge in [0.2, 0.25) is 0 Å². The standard InChI is InChI=1S/C14H22N2O/c1-11(2)12(3)15-14(17)16(4)10-13-8-6-5-7-9-13/h5-9,11-12H,10H2,1-4H3,(H,15,17). The fourth-order valence-corrected chi connectivity index (χ4v) is 1.40. The summed E-state index contributed by atoms with van der Waals surface area (Å²) in [6.07, 6.45) is 0. The van der Waals surface area contributed by atoms with Gasteiger partial charge in [0.25, 0.3) is 0 Å². The third-order valence-electron chi connectivity index (χ3n) is 2.96. The summed E-state index contributed by atoms with van der Waals surface area (Å²) in [5.41, 5.74) is 1.14. The summed E-state index contributed by atoms with van der Waals surface area (Å²) in [5, 5.41) is 2.99. The largest absolute Gasteiger partial charge is 0.335 e. The van der Waals surface area contributed by atoms with Gasteiger partial charge in [-0.2, -0.15) is 0 Å². The van der Waals surface area contributed by atoms with Crippen LogP contribution in [0.4, 0.5) is 4.79 Å². The number of hydrogen-bond donors (Lipinski definition) is 1. The first-order valence-corrected chi connectivity index (χ1v) is 6.06. The van der Waals surface area contributed by atoms with Crippen LogP contribution in [-0.4, -0.2) is 24.0 Å². The van der Waals surface area contributed by atoms with E-state index in [0.29, 0.717) is 12.5 Å². The maximum Gasteiger partial charge on any atom is 0.317 e. The smallest absolute Gasteiger partial charge is 0.317 e. The molecule has 0 saturated heterocycles. The maximum absolute atomic E-state index is 11.9. The summed E-state index contributed by atoms with van der Waals surface area (Å²) in [4.78, 5) is 13.6. The number of benzene rings is 1. The van der Waals surface area contributed by atoms with Crippen molar-refractivity contribution in [3.8, 4) is 0 Å². The highest BCUT2D eigenvalue weighted by atomic mass is 16.2. The lowest BCUT2D eigenvalue weighted by Gasteiger charge is -2.23. The average Bonchev–Trinajstić information content (AvgIpc) is 2.29. The Bertz CT molecular complexity index is 348. The van der Waals surface area contributed by atoms with Crippen molar-refractivity contribution in [2.24, 2.45) is 5.92 Å². The van der Waals surface area contributed by atoms with E-state index < -0.39 is 0 Å². The van der Waals surface area contributed by atoms with Crippen molar-refractivity contribution in [1.29, 1.82) is 0 Å². The van der Waals surface area contributed by atoms with Gasteiger partial charge in [-0.3, -0.25) is 0 Å². The van der Waals surface area contributed by atoms with Gasteiger partial charge in [0.1, 0.15) is 0 Å². The first-order valence-electron chi connectivity index (χ1n) is 6.06. The zero-order valence-electron chi connectivity index (χ0n) is 11.1. The van der Waals surface area contributed by atoms with Crippen molar-refractivity contribution in [2.45, 2.75) is 33.4 Å². The molecular weight excluding hydrogens is 212 g/mol. The molecule has 0 fully saturated rings. The molecule has 0 radical (unpaired) electrons. The number of carbonyl (C=O) groups is 1. The second kappa shape index (κ2) is 6.28. The highest BCUT2D eigenvalue weighted by Crippen LogP contribution is 2.04. The van der Waals surface area contributed by atoms with Crippen LogP contribution in [0, 0.1) is 5.92 Å². The number of rotatable bonds is 4. The molecule has 94 valence electrons. The fourth-order valence-electron chi connectivity index (χ4n) is 1.40. The van der Waals surface area contributed by atoms with E-state index in [1.165, 1.54) is 0 Å². The summed E-state index contributed by atoms with van der Waals surface area (Å²) in [6, 6.07) is 10.2. The highest BCUT2D eigenvalue weighted by molar-refractivity contribution is 5.74. The topological polar surface area (TPSA) is 32.3 Å². The molecule has 0 spiro atoms. The number of carbonyl (C=O) groups excluding carboxylic acids is 1. The molecule has 17 heavy (non-hydrogen) atoms. The van der Waals surface area contributed by atoms with Gasteiger partial charge < -0.3 is 10.2 Å². The summed E-state index contributed by atoms with van der Waals surface area (Å²) in [6.45, 7) is 6.86. The van der Waals surface area contributed by atoms with Crippen molar-refractivity contribution in [3.05, 3.63) is 35.9 Å². The molecule has 3 nitrogen and oxygen atoms in total. The maximum atomic E-state index is 11.9. The van der Waals surface area contributed by atoms with E-state index in [2.05, 4.69) is 19.2 Å². The number of amides is 2. The van der Waals surface area contributed by atoms with Crippen molar-refractivity contribution >= 4 is 6.03 Å². The minimum absolute atomic E-state index is 0.0185. The van der Waals surface area contributed by atoms with Crippen molar-refractivity contribution in [3.63, 3.8) is 0 Å². The molecule has 3 heteroatoms. The lowest BCUT2D eigenvalue weighted by Crippen LogP contribution is -2.43. The number of urea groups is 1. The first-order chi connectivity index (χ1) is 8.00. The van der Waals surface area contributed by atoms with Gasteiger partial charge >= 0.3 is 6.03 Å². The summed E-state index contributed by atoms with van der Waals surface area (Å²) in [7, 11) is 1.81. The Balaban J connectivity index is 2.48. The minimum Gasteiger partial charge on any atom is -0.335 e.